The van der Waals surface area contributed by atoms with Gasteiger partial charge in [0.2, 0.25) is 0 Å². The quantitative estimate of drug-likeness (QED) is 0.178. The number of nitrogens with zero attached hydrogens (tertiary/aromatic N) is 2. The topological polar surface area (TPSA) is 51.1 Å². The van der Waals surface area contributed by atoms with E-state index in [0.717, 1.165) is 28.1 Å². The summed E-state index contributed by atoms with van der Waals surface area (Å²) in [7, 11) is 1.62. The molecular weight excluding hydrogens is 631 g/mol. The van der Waals surface area contributed by atoms with E-state index in [1.165, 1.54) is 11.8 Å². The lowest BCUT2D eigenvalue weighted by molar-refractivity contribution is -0.122. The van der Waals surface area contributed by atoms with Crippen molar-refractivity contribution in [2.24, 2.45) is 4.99 Å². The first kappa shape index (κ1) is 28.3. The summed E-state index contributed by atoms with van der Waals surface area (Å²) in [5.74, 6) is 1.12. The fraction of sp³-hybridized carbons (Fsp3) is 0.0968. The van der Waals surface area contributed by atoms with Crippen molar-refractivity contribution >= 4 is 73.7 Å². The predicted octanol–water partition coefficient (Wildman–Crippen LogP) is 9.15. The first-order valence-corrected chi connectivity index (χ1v) is 14.6. The van der Waals surface area contributed by atoms with Crippen LogP contribution in [0.5, 0.6) is 11.5 Å². The van der Waals surface area contributed by atoms with Crippen LogP contribution in [0.1, 0.15) is 16.7 Å². The van der Waals surface area contributed by atoms with Crippen LogP contribution in [-0.4, -0.2) is 23.1 Å². The molecule has 1 heterocycles. The number of rotatable bonds is 8. The highest BCUT2D eigenvalue weighted by molar-refractivity contribution is 9.10. The summed E-state index contributed by atoms with van der Waals surface area (Å²) in [4.78, 5) is 20.6. The predicted molar refractivity (Wildman–Crippen MR) is 168 cm³/mol. The number of hydrogen-bond donors (Lipinski definition) is 0. The van der Waals surface area contributed by atoms with Gasteiger partial charge in [-0.05, 0) is 87.4 Å². The van der Waals surface area contributed by atoms with Gasteiger partial charge in [0.1, 0.15) is 12.4 Å². The maximum absolute atomic E-state index is 13.6. The molecule has 0 aromatic heterocycles. The van der Waals surface area contributed by atoms with Crippen LogP contribution >= 0.6 is 50.9 Å². The minimum absolute atomic E-state index is 0.137. The summed E-state index contributed by atoms with van der Waals surface area (Å²) >= 11 is 17.8. The van der Waals surface area contributed by atoms with Crippen LogP contribution in [0, 0.1) is 0 Å². The molecule has 1 saturated heterocycles. The molecule has 4 aromatic carbocycles. The molecule has 5 nitrogen and oxygen atoms in total. The van der Waals surface area contributed by atoms with Gasteiger partial charge in [0.25, 0.3) is 5.91 Å². The summed E-state index contributed by atoms with van der Waals surface area (Å²) in [6.45, 7) is 0.643. The molecule has 4 aromatic rings. The summed E-state index contributed by atoms with van der Waals surface area (Å²) in [6.07, 6.45) is 1.82. The van der Waals surface area contributed by atoms with E-state index in [9.17, 15) is 4.79 Å². The average molecular weight is 654 g/mol. The number of thioether (sulfide) groups is 1. The summed E-state index contributed by atoms with van der Waals surface area (Å²) in [5, 5.41) is 1.64. The number of benzene rings is 4. The number of ether oxygens (including phenoxy) is 2. The summed E-state index contributed by atoms with van der Waals surface area (Å²) in [6, 6.07) is 28.3. The number of amidine groups is 1. The largest absolute Gasteiger partial charge is 0.497 e. The van der Waals surface area contributed by atoms with E-state index in [0.29, 0.717) is 36.9 Å². The monoisotopic (exact) mass is 652 g/mol. The Morgan fingerprint density at radius 1 is 0.950 bits per heavy atom. The van der Waals surface area contributed by atoms with Crippen molar-refractivity contribution in [2.75, 3.05) is 7.11 Å². The van der Waals surface area contributed by atoms with Crippen molar-refractivity contribution in [1.82, 2.24) is 4.90 Å². The summed E-state index contributed by atoms with van der Waals surface area (Å²) < 4.78 is 11.9. The zero-order chi connectivity index (χ0) is 28.1. The Hall–Kier alpha value is -3.23. The highest BCUT2D eigenvalue weighted by Gasteiger charge is 2.33. The second-order valence-corrected chi connectivity index (χ2v) is 11.5. The highest BCUT2D eigenvalue weighted by atomic mass is 79.9. The lowest BCUT2D eigenvalue weighted by Crippen LogP contribution is -2.28. The molecule has 1 amide bonds. The molecule has 9 heteroatoms. The summed E-state index contributed by atoms with van der Waals surface area (Å²) in [5.41, 5.74) is 3.34. The number of hydrogen-bond acceptors (Lipinski definition) is 5. The maximum Gasteiger partial charge on any atom is 0.267 e. The maximum atomic E-state index is 13.6. The molecule has 5 rings (SSSR count). The van der Waals surface area contributed by atoms with Gasteiger partial charge < -0.3 is 9.47 Å². The zero-order valence-electron chi connectivity index (χ0n) is 21.3. The van der Waals surface area contributed by atoms with Gasteiger partial charge in [-0.3, -0.25) is 9.69 Å². The molecule has 0 bridgehead atoms. The van der Waals surface area contributed by atoms with Crippen LogP contribution in [-0.2, 0) is 17.9 Å². The van der Waals surface area contributed by atoms with Crippen molar-refractivity contribution in [3.63, 3.8) is 0 Å². The van der Waals surface area contributed by atoms with Crippen LogP contribution in [0.3, 0.4) is 0 Å². The third-order valence-corrected chi connectivity index (χ3v) is 8.26. The number of aliphatic imine (C=N–C) groups is 1. The number of carbonyl (C=O) groups excluding carboxylic acids is 1. The fourth-order valence-corrected chi connectivity index (χ4v) is 6.15. The molecule has 1 fully saturated rings. The molecule has 202 valence electrons. The third-order valence-electron chi connectivity index (χ3n) is 6.02. The second kappa shape index (κ2) is 13.0. The number of methoxy groups -OCH3 is 1. The first-order chi connectivity index (χ1) is 19.4. The zero-order valence-corrected chi connectivity index (χ0v) is 25.2. The van der Waals surface area contributed by atoms with Crippen LogP contribution in [0.4, 0.5) is 5.69 Å². The number of para-hydroxylation sites is 1. The Kier molecular flexibility index (Phi) is 9.17. The molecule has 0 N–H and O–H groups in total. The van der Waals surface area contributed by atoms with Crippen LogP contribution < -0.4 is 9.47 Å². The van der Waals surface area contributed by atoms with E-state index >= 15 is 0 Å². The second-order valence-electron chi connectivity index (χ2n) is 8.77. The van der Waals surface area contributed by atoms with Crippen molar-refractivity contribution in [1.29, 1.82) is 0 Å². The van der Waals surface area contributed by atoms with Crippen molar-refractivity contribution < 1.29 is 14.3 Å². The minimum atomic E-state index is -0.137. The lowest BCUT2D eigenvalue weighted by atomic mass is 10.2. The van der Waals surface area contributed by atoms with Gasteiger partial charge in [0.15, 0.2) is 10.9 Å². The molecular formula is C31H23BrCl2N2O3S. The van der Waals surface area contributed by atoms with Gasteiger partial charge >= 0.3 is 0 Å². The SMILES string of the molecule is COc1ccc(CN2C(=O)/C(=C/c3cc(Cl)c(OCc4ccccc4Cl)c(Br)c3)SC2=Nc2ccccc2)cc1. The standard InChI is InChI=1S/C31H23BrCl2N2O3S/c1-38-24-13-11-20(12-14-24)18-36-30(37)28(40-31(36)35-23-8-3-2-4-9-23)17-21-15-25(32)29(27(34)16-21)39-19-22-7-5-6-10-26(22)33/h2-17H,18-19H2,1H3/b28-17-,35-31?. The number of amides is 1. The van der Waals surface area contributed by atoms with Crippen LogP contribution in [0.25, 0.3) is 6.08 Å². The van der Waals surface area contributed by atoms with E-state index in [1.54, 1.807) is 18.1 Å². The molecule has 0 radical (unpaired) electrons. The minimum Gasteiger partial charge on any atom is -0.497 e. The van der Waals surface area contributed by atoms with Gasteiger partial charge in [-0.2, -0.15) is 0 Å². The van der Waals surface area contributed by atoms with Gasteiger partial charge in [-0.25, -0.2) is 4.99 Å². The Bertz CT molecular complexity index is 1570. The molecule has 0 spiro atoms. The Labute approximate surface area is 255 Å². The normalized spacial score (nSPS) is 15.2. The Morgan fingerprint density at radius 2 is 1.68 bits per heavy atom. The fourth-order valence-electron chi connectivity index (χ4n) is 3.97. The Morgan fingerprint density at radius 3 is 2.38 bits per heavy atom. The first-order valence-electron chi connectivity index (χ1n) is 12.2. The molecule has 0 unspecified atom stereocenters. The number of carbonyl (C=O) groups is 1. The average Bonchev–Trinajstić information content (AvgIpc) is 3.23. The van der Waals surface area contributed by atoms with Crippen molar-refractivity contribution in [2.45, 2.75) is 13.2 Å². The molecule has 0 atom stereocenters. The van der Waals surface area contributed by atoms with Crippen LogP contribution in [0.2, 0.25) is 10.0 Å². The molecule has 0 aliphatic carbocycles. The van der Waals surface area contributed by atoms with Crippen molar-refractivity contribution in [3.8, 4) is 11.5 Å². The van der Waals surface area contributed by atoms with E-state index in [4.69, 9.17) is 37.7 Å². The molecule has 0 saturated carbocycles. The Balaban J connectivity index is 1.41. The molecule has 40 heavy (non-hydrogen) atoms. The van der Waals surface area contributed by atoms with Gasteiger partial charge in [-0.15, -0.1) is 0 Å². The van der Waals surface area contributed by atoms with Gasteiger partial charge in [-0.1, -0.05) is 71.7 Å². The van der Waals surface area contributed by atoms with Gasteiger partial charge in [0, 0.05) is 10.6 Å². The molecule has 1 aliphatic rings. The third kappa shape index (κ3) is 6.73. The van der Waals surface area contributed by atoms with Crippen LogP contribution in [0.15, 0.2) is 105 Å². The molecule has 1 aliphatic heterocycles. The smallest absolute Gasteiger partial charge is 0.267 e. The van der Waals surface area contributed by atoms with Gasteiger partial charge in [0.05, 0.1) is 33.7 Å². The van der Waals surface area contributed by atoms with E-state index in [1.807, 2.05) is 91.0 Å². The number of halogens is 3. The van der Waals surface area contributed by atoms with E-state index in [2.05, 4.69) is 15.9 Å². The van der Waals surface area contributed by atoms with E-state index < -0.39 is 0 Å². The highest BCUT2D eigenvalue weighted by Crippen LogP contribution is 2.39. The lowest BCUT2D eigenvalue weighted by Gasteiger charge is -2.16. The van der Waals surface area contributed by atoms with Crippen molar-refractivity contribution in [3.05, 3.63) is 127 Å². The van der Waals surface area contributed by atoms with E-state index in [-0.39, 0.29) is 12.5 Å².